The predicted octanol–water partition coefficient (Wildman–Crippen LogP) is 1.79. The normalized spacial score (nSPS) is 15.5. The van der Waals surface area contributed by atoms with Gasteiger partial charge in [-0.3, -0.25) is 0 Å². The molecule has 10 heteroatoms. The molecule has 0 bridgehead atoms. The van der Waals surface area contributed by atoms with Crippen molar-refractivity contribution in [1.29, 1.82) is 0 Å². The summed E-state index contributed by atoms with van der Waals surface area (Å²) in [6.07, 6.45) is 0. The van der Waals surface area contributed by atoms with Gasteiger partial charge in [-0.25, -0.2) is 13.4 Å². The van der Waals surface area contributed by atoms with E-state index in [1.54, 1.807) is 38.5 Å². The van der Waals surface area contributed by atoms with Crippen molar-refractivity contribution in [3.63, 3.8) is 0 Å². The van der Waals surface area contributed by atoms with Crippen molar-refractivity contribution >= 4 is 21.7 Å². The first-order valence-electron chi connectivity index (χ1n) is 9.84. The van der Waals surface area contributed by atoms with Crippen LogP contribution in [0.3, 0.4) is 0 Å². The first-order valence-corrected chi connectivity index (χ1v) is 11.4. The highest BCUT2D eigenvalue weighted by molar-refractivity contribution is 7.88. The van der Waals surface area contributed by atoms with Gasteiger partial charge >= 0.3 is 0 Å². The minimum atomic E-state index is -3.43. The first kappa shape index (κ1) is 22.9. The number of guanidine groups is 1. The van der Waals surface area contributed by atoms with Crippen molar-refractivity contribution in [2.24, 2.45) is 10.7 Å². The third-order valence-electron chi connectivity index (χ3n) is 4.90. The quantitative estimate of drug-likeness (QED) is 0.467. The minimum absolute atomic E-state index is 0.0816. The smallest absolute Gasteiger partial charge is 0.218 e. The molecule has 3 N–H and O–H groups in total. The average molecular weight is 449 g/mol. The van der Waals surface area contributed by atoms with Crippen LogP contribution in [0.2, 0.25) is 0 Å². The molecule has 0 unspecified atom stereocenters. The fourth-order valence-corrected chi connectivity index (χ4v) is 4.80. The average Bonchev–Trinajstić information content (AvgIpc) is 2.78. The number of nitrogens with two attached hydrogens (primary N) is 1. The summed E-state index contributed by atoms with van der Waals surface area (Å²) in [4.78, 5) is 4.37. The van der Waals surface area contributed by atoms with Gasteiger partial charge in [-0.2, -0.15) is 4.31 Å². The lowest BCUT2D eigenvalue weighted by Crippen LogP contribution is -2.41. The molecule has 2 aromatic rings. The van der Waals surface area contributed by atoms with Gasteiger partial charge in [-0.05, 0) is 23.3 Å². The Morgan fingerprint density at radius 2 is 1.77 bits per heavy atom. The summed E-state index contributed by atoms with van der Waals surface area (Å²) in [6.45, 7) is 1.85. The summed E-state index contributed by atoms with van der Waals surface area (Å²) < 4.78 is 42.8. The highest BCUT2D eigenvalue weighted by atomic mass is 32.2. The Morgan fingerprint density at radius 3 is 2.45 bits per heavy atom. The molecule has 1 saturated heterocycles. The highest BCUT2D eigenvalue weighted by Crippen LogP contribution is 2.29. The van der Waals surface area contributed by atoms with E-state index in [4.69, 9.17) is 19.9 Å². The maximum absolute atomic E-state index is 12.8. The van der Waals surface area contributed by atoms with Crippen LogP contribution in [0.5, 0.6) is 11.5 Å². The third kappa shape index (κ3) is 6.09. The largest absolute Gasteiger partial charge is 0.493 e. The highest BCUT2D eigenvalue weighted by Gasteiger charge is 2.25. The van der Waals surface area contributed by atoms with Crippen LogP contribution in [0.4, 0.5) is 5.69 Å². The molecule has 1 aliphatic rings. The zero-order valence-electron chi connectivity index (χ0n) is 17.7. The number of rotatable bonds is 8. The van der Waals surface area contributed by atoms with Gasteiger partial charge in [0, 0.05) is 24.8 Å². The van der Waals surface area contributed by atoms with Crippen LogP contribution in [0, 0.1) is 0 Å². The number of aliphatic imine (C=N–C) groups is 1. The summed E-state index contributed by atoms with van der Waals surface area (Å²) in [5, 5.41) is 3.01. The number of methoxy groups -OCH3 is 2. The number of sulfonamides is 1. The Morgan fingerprint density at radius 1 is 1.10 bits per heavy atom. The molecular formula is C21H28N4O5S. The third-order valence-corrected chi connectivity index (χ3v) is 6.72. The van der Waals surface area contributed by atoms with E-state index in [9.17, 15) is 8.42 Å². The molecule has 0 saturated carbocycles. The van der Waals surface area contributed by atoms with Gasteiger partial charge in [-0.15, -0.1) is 0 Å². The minimum Gasteiger partial charge on any atom is -0.493 e. The van der Waals surface area contributed by atoms with Gasteiger partial charge < -0.3 is 25.3 Å². The summed E-state index contributed by atoms with van der Waals surface area (Å²) in [5.41, 5.74) is 8.24. The molecule has 0 spiro atoms. The molecule has 1 aliphatic heterocycles. The predicted molar refractivity (Wildman–Crippen MR) is 120 cm³/mol. The van der Waals surface area contributed by atoms with Crippen molar-refractivity contribution < 1.29 is 22.6 Å². The van der Waals surface area contributed by atoms with Crippen LogP contribution in [0.15, 0.2) is 47.5 Å². The second-order valence-electron chi connectivity index (χ2n) is 6.93. The van der Waals surface area contributed by atoms with Crippen molar-refractivity contribution in [3.8, 4) is 11.5 Å². The molecule has 0 aliphatic carbocycles. The lowest BCUT2D eigenvalue weighted by molar-refractivity contribution is 0.0729. The van der Waals surface area contributed by atoms with E-state index in [1.165, 1.54) is 4.31 Å². The Balaban J connectivity index is 1.69. The molecule has 0 atom stereocenters. The number of nitrogens with zero attached hydrogens (tertiary/aromatic N) is 2. The van der Waals surface area contributed by atoms with E-state index in [0.29, 0.717) is 49.1 Å². The number of hydrogen-bond acceptors (Lipinski definition) is 6. The van der Waals surface area contributed by atoms with Gasteiger partial charge in [0.05, 0.1) is 39.7 Å². The van der Waals surface area contributed by atoms with E-state index in [-0.39, 0.29) is 18.3 Å². The Bertz CT molecular complexity index is 1020. The molecule has 1 fully saturated rings. The lowest BCUT2D eigenvalue weighted by Gasteiger charge is -2.26. The monoisotopic (exact) mass is 448 g/mol. The lowest BCUT2D eigenvalue weighted by atomic mass is 10.1. The van der Waals surface area contributed by atoms with Gasteiger partial charge in [0.2, 0.25) is 10.0 Å². The first-order chi connectivity index (χ1) is 14.9. The van der Waals surface area contributed by atoms with Gasteiger partial charge in [0.1, 0.15) is 0 Å². The van der Waals surface area contributed by atoms with Crippen LogP contribution in [0.25, 0.3) is 0 Å². The van der Waals surface area contributed by atoms with Gasteiger partial charge in [0.25, 0.3) is 0 Å². The number of nitrogens with one attached hydrogen (secondary N) is 1. The fraction of sp³-hybridized carbons (Fsp3) is 0.381. The Hall–Kier alpha value is -2.82. The topological polar surface area (TPSA) is 115 Å². The maximum Gasteiger partial charge on any atom is 0.218 e. The molecule has 2 aromatic carbocycles. The number of ether oxygens (including phenoxy) is 3. The second-order valence-corrected chi connectivity index (χ2v) is 8.90. The molecule has 0 amide bonds. The van der Waals surface area contributed by atoms with Crippen molar-refractivity contribution in [2.45, 2.75) is 12.3 Å². The Labute approximate surface area is 182 Å². The van der Waals surface area contributed by atoms with Crippen LogP contribution < -0.4 is 20.5 Å². The van der Waals surface area contributed by atoms with E-state index < -0.39 is 10.0 Å². The molecule has 31 heavy (non-hydrogen) atoms. The molecule has 3 rings (SSSR count). The van der Waals surface area contributed by atoms with E-state index >= 15 is 0 Å². The SMILES string of the molecule is COc1ccc(NC(N)=NCc2ccccc2CS(=O)(=O)N2CCOCC2)cc1OC. The number of hydrogen-bond donors (Lipinski definition) is 2. The van der Waals surface area contributed by atoms with Crippen molar-refractivity contribution in [3.05, 3.63) is 53.6 Å². The summed E-state index contributed by atoms with van der Waals surface area (Å²) >= 11 is 0. The molecule has 9 nitrogen and oxygen atoms in total. The maximum atomic E-state index is 12.8. The number of benzene rings is 2. The molecule has 0 radical (unpaired) electrons. The molecule has 1 heterocycles. The standard InChI is InChI=1S/C21H28N4O5S/c1-28-19-8-7-18(13-20(19)29-2)24-21(22)23-14-16-5-3-4-6-17(16)15-31(26,27)25-9-11-30-12-10-25/h3-8,13H,9-12,14-15H2,1-2H3,(H3,22,23,24). The van der Waals surface area contributed by atoms with E-state index in [2.05, 4.69) is 10.3 Å². The zero-order chi connectivity index (χ0) is 22.3. The zero-order valence-corrected chi connectivity index (χ0v) is 18.5. The van der Waals surface area contributed by atoms with Crippen LogP contribution >= 0.6 is 0 Å². The summed E-state index contributed by atoms with van der Waals surface area (Å²) in [5.74, 6) is 1.30. The van der Waals surface area contributed by atoms with E-state index in [1.807, 2.05) is 18.2 Å². The molecule has 0 aromatic heterocycles. The van der Waals surface area contributed by atoms with Crippen molar-refractivity contribution in [2.75, 3.05) is 45.8 Å². The molecular weight excluding hydrogens is 420 g/mol. The fourth-order valence-electron chi connectivity index (χ4n) is 3.24. The number of morpholine rings is 1. The molecule has 168 valence electrons. The van der Waals surface area contributed by atoms with Gasteiger partial charge in [0.15, 0.2) is 17.5 Å². The second kappa shape index (κ2) is 10.5. The van der Waals surface area contributed by atoms with Crippen LogP contribution in [-0.4, -0.2) is 59.2 Å². The van der Waals surface area contributed by atoms with Crippen molar-refractivity contribution in [1.82, 2.24) is 4.31 Å². The van der Waals surface area contributed by atoms with Crippen LogP contribution in [-0.2, 0) is 27.1 Å². The number of anilines is 1. The van der Waals surface area contributed by atoms with Gasteiger partial charge in [-0.1, -0.05) is 24.3 Å². The Kier molecular flexibility index (Phi) is 7.72. The summed E-state index contributed by atoms with van der Waals surface area (Å²) in [6, 6.07) is 12.7. The van der Waals surface area contributed by atoms with Crippen LogP contribution in [0.1, 0.15) is 11.1 Å². The van der Waals surface area contributed by atoms with E-state index in [0.717, 1.165) is 5.56 Å². The summed E-state index contributed by atoms with van der Waals surface area (Å²) in [7, 11) is -0.305.